The molecule has 0 bridgehead atoms. The van der Waals surface area contributed by atoms with E-state index in [0.29, 0.717) is 11.1 Å². The third kappa shape index (κ3) is 4.18. The minimum atomic E-state index is -0.311. The van der Waals surface area contributed by atoms with E-state index in [9.17, 15) is 14.4 Å². The largest absolute Gasteiger partial charge is 0.354 e. The molecule has 0 radical (unpaired) electrons. The third-order valence-corrected chi connectivity index (χ3v) is 4.09. The molecule has 0 saturated heterocycles. The van der Waals surface area contributed by atoms with Crippen molar-refractivity contribution in [1.82, 2.24) is 10.2 Å². The Kier molecular flexibility index (Phi) is 5.90. The molecule has 0 unspecified atom stereocenters. The Morgan fingerprint density at radius 2 is 1.74 bits per heavy atom. The Morgan fingerprint density at radius 1 is 1.13 bits per heavy atom. The van der Waals surface area contributed by atoms with E-state index >= 15 is 0 Å². The van der Waals surface area contributed by atoms with Crippen LogP contribution in [0.25, 0.3) is 0 Å². The molecule has 3 amide bonds. The van der Waals surface area contributed by atoms with Gasteiger partial charge < -0.3 is 5.32 Å². The van der Waals surface area contributed by atoms with Gasteiger partial charge in [0.25, 0.3) is 11.8 Å². The minimum Gasteiger partial charge on any atom is -0.354 e. The fourth-order valence-corrected chi connectivity index (χ4v) is 2.78. The number of hydrogen-bond donors (Lipinski definition) is 1. The summed E-state index contributed by atoms with van der Waals surface area (Å²) in [6.45, 7) is 4.25. The highest BCUT2D eigenvalue weighted by Crippen LogP contribution is 2.22. The second-order valence-electron chi connectivity index (χ2n) is 6.02. The average molecular weight is 316 g/mol. The van der Waals surface area contributed by atoms with Gasteiger partial charge in [0.1, 0.15) is 0 Å². The summed E-state index contributed by atoms with van der Waals surface area (Å²) in [5.41, 5.74) is 0.844. The Balaban J connectivity index is 1.81. The van der Waals surface area contributed by atoms with Gasteiger partial charge in [-0.1, -0.05) is 38.3 Å². The van der Waals surface area contributed by atoms with Gasteiger partial charge in [-0.2, -0.15) is 0 Å². The van der Waals surface area contributed by atoms with Crippen LogP contribution >= 0.6 is 0 Å². The Bertz CT molecular complexity index is 563. The van der Waals surface area contributed by atoms with E-state index in [0.717, 1.165) is 30.6 Å². The molecule has 0 aliphatic carbocycles. The maximum absolute atomic E-state index is 12.2. The number of imide groups is 1. The minimum absolute atomic E-state index is 0.120. The van der Waals surface area contributed by atoms with E-state index in [2.05, 4.69) is 12.2 Å². The quantitative estimate of drug-likeness (QED) is 0.592. The van der Waals surface area contributed by atoms with Gasteiger partial charge in [0.05, 0.1) is 11.1 Å². The summed E-state index contributed by atoms with van der Waals surface area (Å²) in [6.07, 6.45) is 4.50. The van der Waals surface area contributed by atoms with E-state index in [1.165, 1.54) is 0 Å². The smallest absolute Gasteiger partial charge is 0.261 e. The molecule has 1 aromatic rings. The van der Waals surface area contributed by atoms with Crippen LogP contribution in [0.1, 0.15) is 66.7 Å². The molecular weight excluding hydrogens is 292 g/mol. The number of benzene rings is 1. The standard InChI is InChI=1S/C18H24N2O3/c1-3-4-5-8-13(2)19-16(21)11-12-20-17(22)14-9-6-7-10-15(14)18(20)23/h6-7,9-10,13H,3-5,8,11-12H2,1-2H3,(H,19,21)/t13-/m0/s1. The van der Waals surface area contributed by atoms with Gasteiger partial charge in [0.15, 0.2) is 0 Å². The zero-order valence-corrected chi connectivity index (χ0v) is 13.8. The lowest BCUT2D eigenvalue weighted by Gasteiger charge is -2.16. The van der Waals surface area contributed by atoms with Crippen LogP contribution in [0.15, 0.2) is 24.3 Å². The lowest BCUT2D eigenvalue weighted by Crippen LogP contribution is -2.37. The number of amides is 3. The summed E-state index contributed by atoms with van der Waals surface area (Å²) >= 11 is 0. The predicted octanol–water partition coefficient (Wildman–Crippen LogP) is 2.76. The number of rotatable bonds is 8. The summed E-state index contributed by atoms with van der Waals surface area (Å²) in [5, 5.41) is 2.93. The lowest BCUT2D eigenvalue weighted by atomic mass is 10.1. The molecule has 0 spiro atoms. The molecule has 1 aliphatic heterocycles. The molecule has 1 heterocycles. The van der Waals surface area contributed by atoms with Crippen LogP contribution in [0, 0.1) is 0 Å². The van der Waals surface area contributed by atoms with Gasteiger partial charge in [0.2, 0.25) is 5.91 Å². The van der Waals surface area contributed by atoms with E-state index in [-0.39, 0.29) is 36.7 Å². The van der Waals surface area contributed by atoms with Crippen LogP contribution in [-0.4, -0.2) is 35.2 Å². The van der Waals surface area contributed by atoms with Gasteiger partial charge >= 0.3 is 0 Å². The topological polar surface area (TPSA) is 66.5 Å². The molecule has 1 atom stereocenters. The van der Waals surface area contributed by atoms with Crippen molar-refractivity contribution in [3.8, 4) is 0 Å². The maximum Gasteiger partial charge on any atom is 0.261 e. The SMILES string of the molecule is CCCCC[C@H](C)NC(=O)CCN1C(=O)c2ccccc2C1=O. The lowest BCUT2D eigenvalue weighted by molar-refractivity contribution is -0.121. The summed E-state index contributed by atoms with van der Waals surface area (Å²) in [5.74, 6) is -0.741. The van der Waals surface area contributed by atoms with Crippen molar-refractivity contribution < 1.29 is 14.4 Å². The Morgan fingerprint density at radius 3 is 2.30 bits per heavy atom. The molecule has 0 saturated carbocycles. The molecule has 2 rings (SSSR count). The Labute approximate surface area is 137 Å². The average Bonchev–Trinajstić information content (AvgIpc) is 2.77. The molecule has 1 aliphatic rings. The van der Waals surface area contributed by atoms with E-state index < -0.39 is 0 Å². The van der Waals surface area contributed by atoms with Crippen LogP contribution in [0.4, 0.5) is 0 Å². The molecule has 5 nitrogen and oxygen atoms in total. The molecule has 124 valence electrons. The third-order valence-electron chi connectivity index (χ3n) is 4.09. The van der Waals surface area contributed by atoms with Crippen molar-refractivity contribution in [3.05, 3.63) is 35.4 Å². The van der Waals surface area contributed by atoms with Crippen LogP contribution in [0.3, 0.4) is 0 Å². The first-order valence-electron chi connectivity index (χ1n) is 8.29. The van der Waals surface area contributed by atoms with Crippen LogP contribution < -0.4 is 5.32 Å². The second-order valence-corrected chi connectivity index (χ2v) is 6.02. The summed E-state index contributed by atoms with van der Waals surface area (Å²) < 4.78 is 0. The zero-order chi connectivity index (χ0) is 16.8. The monoisotopic (exact) mass is 316 g/mol. The highest BCUT2D eigenvalue weighted by atomic mass is 16.2. The molecular formula is C18H24N2O3. The van der Waals surface area contributed by atoms with E-state index in [1.54, 1.807) is 24.3 Å². The van der Waals surface area contributed by atoms with Crippen LogP contribution in [0.5, 0.6) is 0 Å². The zero-order valence-electron chi connectivity index (χ0n) is 13.8. The predicted molar refractivity (Wildman–Crippen MR) is 88.2 cm³/mol. The normalized spacial score (nSPS) is 14.8. The fraction of sp³-hybridized carbons (Fsp3) is 0.500. The second kappa shape index (κ2) is 7.90. The first-order valence-corrected chi connectivity index (χ1v) is 8.29. The maximum atomic E-state index is 12.2. The van der Waals surface area contributed by atoms with E-state index in [4.69, 9.17) is 0 Å². The summed E-state index contributed by atoms with van der Waals surface area (Å²) in [7, 11) is 0. The number of unbranched alkanes of at least 4 members (excludes halogenated alkanes) is 2. The van der Waals surface area contributed by atoms with Crippen molar-refractivity contribution in [3.63, 3.8) is 0 Å². The van der Waals surface area contributed by atoms with E-state index in [1.807, 2.05) is 6.92 Å². The van der Waals surface area contributed by atoms with Crippen molar-refractivity contribution in [2.45, 2.75) is 52.0 Å². The van der Waals surface area contributed by atoms with Gasteiger partial charge in [0, 0.05) is 19.0 Å². The van der Waals surface area contributed by atoms with Crippen LogP contribution in [0.2, 0.25) is 0 Å². The fourth-order valence-electron chi connectivity index (χ4n) is 2.78. The first kappa shape index (κ1) is 17.2. The first-order chi connectivity index (χ1) is 11.0. The van der Waals surface area contributed by atoms with Crippen molar-refractivity contribution in [2.24, 2.45) is 0 Å². The van der Waals surface area contributed by atoms with Crippen molar-refractivity contribution >= 4 is 17.7 Å². The van der Waals surface area contributed by atoms with Gasteiger partial charge in [-0.3, -0.25) is 19.3 Å². The molecule has 23 heavy (non-hydrogen) atoms. The molecule has 0 fully saturated rings. The molecule has 1 N–H and O–H groups in total. The number of fused-ring (bicyclic) bond motifs is 1. The molecule has 0 aromatic heterocycles. The van der Waals surface area contributed by atoms with Crippen molar-refractivity contribution in [1.29, 1.82) is 0 Å². The number of carbonyl (C=O) groups excluding carboxylic acids is 3. The molecule has 1 aromatic carbocycles. The number of nitrogens with one attached hydrogen (secondary N) is 1. The van der Waals surface area contributed by atoms with Crippen molar-refractivity contribution in [2.75, 3.05) is 6.54 Å². The number of hydrogen-bond acceptors (Lipinski definition) is 3. The molecule has 5 heteroatoms. The summed E-state index contributed by atoms with van der Waals surface area (Å²) in [4.78, 5) is 37.5. The summed E-state index contributed by atoms with van der Waals surface area (Å²) in [6, 6.07) is 6.88. The number of nitrogens with zero attached hydrogens (tertiary/aromatic N) is 1. The van der Waals surface area contributed by atoms with Gasteiger partial charge in [-0.05, 0) is 25.5 Å². The van der Waals surface area contributed by atoms with Gasteiger partial charge in [-0.25, -0.2) is 0 Å². The number of carbonyl (C=O) groups is 3. The Hall–Kier alpha value is -2.17. The van der Waals surface area contributed by atoms with Crippen LogP contribution in [-0.2, 0) is 4.79 Å². The highest BCUT2D eigenvalue weighted by molar-refractivity contribution is 6.21. The highest BCUT2D eigenvalue weighted by Gasteiger charge is 2.34. The van der Waals surface area contributed by atoms with Gasteiger partial charge in [-0.15, -0.1) is 0 Å².